The summed E-state index contributed by atoms with van der Waals surface area (Å²) in [5, 5.41) is 14.0. The number of aliphatic hydroxyl groups is 1. The number of ether oxygens (including phenoxy) is 2. The number of carbonyl (C=O) groups excluding carboxylic acids is 2. The molecule has 5 rings (SSSR count). The molecule has 7 nitrogen and oxygen atoms in total. The summed E-state index contributed by atoms with van der Waals surface area (Å²) in [6.45, 7) is 5.94. The van der Waals surface area contributed by atoms with Crippen LogP contribution >= 0.6 is 0 Å². The van der Waals surface area contributed by atoms with E-state index in [9.17, 15) is 19.1 Å². The van der Waals surface area contributed by atoms with Crippen LogP contribution in [-0.2, 0) is 17.6 Å². The normalized spacial score (nSPS) is 16.1. The average Bonchev–Trinajstić information content (AvgIpc) is 2.97. The number of rotatable bonds is 10. The quantitative estimate of drug-likeness (QED) is 0.292. The molecule has 0 radical (unpaired) electrons. The maximum Gasteiger partial charge on any atom is 0.251 e. The lowest BCUT2D eigenvalue weighted by atomic mass is 9.81. The topological polar surface area (TPSA) is 88.1 Å². The summed E-state index contributed by atoms with van der Waals surface area (Å²) in [5.74, 6) is 1.99. The van der Waals surface area contributed by atoms with Crippen molar-refractivity contribution in [3.63, 3.8) is 0 Å². The Morgan fingerprint density at radius 2 is 1.60 bits per heavy atom. The number of fused-ring (bicyclic) bond motifs is 1. The van der Waals surface area contributed by atoms with E-state index in [0.717, 1.165) is 24.8 Å². The van der Waals surface area contributed by atoms with Gasteiger partial charge in [-0.15, -0.1) is 0 Å². The molecule has 1 fully saturated rings. The monoisotopic (exact) mass is 574 g/mol. The van der Waals surface area contributed by atoms with Crippen LogP contribution in [0.15, 0.2) is 60.7 Å². The number of carbonyl (C=O) groups is 2. The van der Waals surface area contributed by atoms with Crippen molar-refractivity contribution in [3.8, 4) is 23.0 Å². The van der Waals surface area contributed by atoms with Crippen molar-refractivity contribution in [2.45, 2.75) is 64.4 Å². The number of nitrogens with one attached hydrogen (secondary N) is 1. The van der Waals surface area contributed by atoms with Gasteiger partial charge >= 0.3 is 0 Å². The van der Waals surface area contributed by atoms with E-state index in [4.69, 9.17) is 9.47 Å². The molecular formula is C34H39FN2O5. The van der Waals surface area contributed by atoms with Crippen molar-refractivity contribution in [1.82, 2.24) is 10.2 Å². The molecule has 0 unspecified atom stereocenters. The highest BCUT2D eigenvalue weighted by Gasteiger charge is 2.35. The first-order valence-electron chi connectivity index (χ1n) is 14.9. The van der Waals surface area contributed by atoms with Crippen LogP contribution in [-0.4, -0.2) is 47.1 Å². The molecule has 0 spiro atoms. The number of amides is 2. The predicted octanol–water partition coefficient (Wildman–Crippen LogP) is 6.42. The van der Waals surface area contributed by atoms with Crippen LogP contribution in [0, 0.1) is 11.7 Å². The molecule has 1 saturated heterocycles. The lowest BCUT2D eigenvalue weighted by Crippen LogP contribution is -2.47. The summed E-state index contributed by atoms with van der Waals surface area (Å²) in [5.41, 5.74) is 1.55. The molecular weight excluding hydrogens is 535 g/mol. The molecule has 0 saturated carbocycles. The van der Waals surface area contributed by atoms with E-state index in [1.54, 1.807) is 36.4 Å². The zero-order valence-electron chi connectivity index (χ0n) is 24.3. The van der Waals surface area contributed by atoms with Gasteiger partial charge in [-0.1, -0.05) is 26.7 Å². The third-order valence-electron chi connectivity index (χ3n) is 8.45. The molecule has 3 aromatic carbocycles. The van der Waals surface area contributed by atoms with Gasteiger partial charge in [-0.2, -0.15) is 0 Å². The van der Waals surface area contributed by atoms with Crippen LogP contribution in [0.1, 0.15) is 67.4 Å². The zero-order valence-corrected chi connectivity index (χ0v) is 24.3. The maximum absolute atomic E-state index is 13.4. The number of hydrogen-bond donors (Lipinski definition) is 2. The van der Waals surface area contributed by atoms with Gasteiger partial charge in [0, 0.05) is 31.3 Å². The van der Waals surface area contributed by atoms with Gasteiger partial charge in [0.05, 0.1) is 12.0 Å². The summed E-state index contributed by atoms with van der Waals surface area (Å²) >= 11 is 0. The van der Waals surface area contributed by atoms with Gasteiger partial charge in [0.15, 0.2) is 0 Å². The minimum atomic E-state index is -0.715. The molecule has 3 aromatic rings. The number of nitrogens with zero attached hydrogens (tertiary/aromatic N) is 1. The van der Waals surface area contributed by atoms with E-state index >= 15 is 0 Å². The molecule has 2 aliphatic rings. The standard InChI is InChI=1S/C34H39FN2O5/c1-3-23(4-2)22-34(40)12-15-37(16-13-34)32(38)19-24-17-29(41-27-7-5-26(35)6-8-27)21-30(18-24)42-28-9-10-31-25(20-28)11-14-36-33(31)39/h5-10,17-18,20-21,23,40H,3-4,11-16,19,22H2,1-2H3,(H,36,39). The molecule has 42 heavy (non-hydrogen) atoms. The molecule has 0 aromatic heterocycles. The van der Waals surface area contributed by atoms with Crippen molar-refractivity contribution in [1.29, 1.82) is 0 Å². The Hall–Kier alpha value is -3.91. The van der Waals surface area contributed by atoms with Crippen LogP contribution in [0.5, 0.6) is 23.0 Å². The van der Waals surface area contributed by atoms with Gasteiger partial charge in [-0.05, 0) is 97.3 Å². The second-order valence-corrected chi connectivity index (χ2v) is 11.5. The third-order valence-corrected chi connectivity index (χ3v) is 8.45. The fraction of sp³-hybridized carbons (Fsp3) is 0.412. The van der Waals surface area contributed by atoms with Gasteiger partial charge in [0.25, 0.3) is 5.91 Å². The molecule has 0 aliphatic carbocycles. The second kappa shape index (κ2) is 12.9. The largest absolute Gasteiger partial charge is 0.457 e. The van der Waals surface area contributed by atoms with E-state index in [1.807, 2.05) is 17.0 Å². The summed E-state index contributed by atoms with van der Waals surface area (Å²) in [6, 6.07) is 16.4. The molecule has 222 valence electrons. The Bertz CT molecular complexity index is 1410. The lowest BCUT2D eigenvalue weighted by Gasteiger charge is -2.40. The Balaban J connectivity index is 1.32. The molecule has 2 N–H and O–H groups in total. The highest BCUT2D eigenvalue weighted by molar-refractivity contribution is 5.96. The summed E-state index contributed by atoms with van der Waals surface area (Å²) in [7, 11) is 0. The van der Waals surface area contributed by atoms with E-state index < -0.39 is 5.60 Å². The van der Waals surface area contributed by atoms with Crippen molar-refractivity contribution in [2.75, 3.05) is 19.6 Å². The SMILES string of the molecule is CCC(CC)CC1(O)CCN(C(=O)Cc2cc(Oc3ccc(F)cc3)cc(Oc3ccc4c(c3)CCNC4=O)c2)CC1. The Kier molecular flexibility index (Phi) is 9.12. The number of halogens is 1. The van der Waals surface area contributed by atoms with E-state index in [1.165, 1.54) is 12.1 Å². The first-order chi connectivity index (χ1) is 20.2. The first kappa shape index (κ1) is 29.6. The van der Waals surface area contributed by atoms with Gasteiger partial charge in [0.2, 0.25) is 5.91 Å². The van der Waals surface area contributed by atoms with Crippen molar-refractivity contribution < 1.29 is 28.6 Å². The van der Waals surface area contributed by atoms with Gasteiger partial charge in [-0.3, -0.25) is 9.59 Å². The molecule has 0 bridgehead atoms. The highest BCUT2D eigenvalue weighted by atomic mass is 19.1. The second-order valence-electron chi connectivity index (χ2n) is 11.5. The summed E-state index contributed by atoms with van der Waals surface area (Å²) < 4.78 is 25.7. The van der Waals surface area contributed by atoms with Crippen molar-refractivity contribution in [3.05, 3.63) is 83.2 Å². The Labute approximate surface area is 246 Å². The molecule has 0 atom stereocenters. The zero-order chi connectivity index (χ0) is 29.7. The molecule has 2 heterocycles. The summed E-state index contributed by atoms with van der Waals surface area (Å²) in [6.07, 6.45) is 4.88. The van der Waals surface area contributed by atoms with E-state index in [0.29, 0.717) is 78.9 Å². The van der Waals surface area contributed by atoms with Crippen LogP contribution in [0.2, 0.25) is 0 Å². The minimum absolute atomic E-state index is 0.0238. The maximum atomic E-state index is 13.4. The van der Waals surface area contributed by atoms with E-state index in [2.05, 4.69) is 19.2 Å². The minimum Gasteiger partial charge on any atom is -0.457 e. The van der Waals surface area contributed by atoms with E-state index in [-0.39, 0.29) is 24.1 Å². The first-order valence-corrected chi connectivity index (χ1v) is 14.9. The predicted molar refractivity (Wildman–Crippen MR) is 159 cm³/mol. The van der Waals surface area contributed by atoms with Crippen molar-refractivity contribution >= 4 is 11.8 Å². The molecule has 2 aliphatic heterocycles. The highest BCUT2D eigenvalue weighted by Crippen LogP contribution is 2.34. The molecule has 2 amide bonds. The van der Waals surface area contributed by atoms with Gasteiger partial charge < -0.3 is 24.8 Å². The smallest absolute Gasteiger partial charge is 0.251 e. The van der Waals surface area contributed by atoms with Crippen molar-refractivity contribution in [2.24, 2.45) is 5.92 Å². The van der Waals surface area contributed by atoms with Gasteiger partial charge in [0.1, 0.15) is 28.8 Å². The van der Waals surface area contributed by atoms with Gasteiger partial charge in [-0.25, -0.2) is 4.39 Å². The van der Waals surface area contributed by atoms with Crippen LogP contribution in [0.25, 0.3) is 0 Å². The molecule has 8 heteroatoms. The third kappa shape index (κ3) is 7.29. The Morgan fingerprint density at radius 3 is 2.26 bits per heavy atom. The van der Waals surface area contributed by atoms with Crippen LogP contribution in [0.3, 0.4) is 0 Å². The number of benzene rings is 3. The number of hydrogen-bond acceptors (Lipinski definition) is 5. The van der Waals surface area contributed by atoms with Crippen LogP contribution < -0.4 is 14.8 Å². The summed E-state index contributed by atoms with van der Waals surface area (Å²) in [4.78, 5) is 27.3. The Morgan fingerprint density at radius 1 is 0.952 bits per heavy atom. The number of piperidine rings is 1. The van der Waals surface area contributed by atoms with Crippen LogP contribution in [0.4, 0.5) is 4.39 Å². The number of likely N-dealkylation sites (tertiary alicyclic amines) is 1. The average molecular weight is 575 g/mol. The fourth-order valence-electron chi connectivity index (χ4n) is 5.87. The lowest BCUT2D eigenvalue weighted by molar-refractivity contribution is -0.135. The fourth-order valence-corrected chi connectivity index (χ4v) is 5.87.